The van der Waals surface area contributed by atoms with Crippen molar-refractivity contribution in [2.75, 3.05) is 6.54 Å². The number of nitrogens with one attached hydrogen (secondary N) is 1. The number of amides is 1. The number of rotatable bonds is 4. The normalized spacial score (nSPS) is 29.6. The van der Waals surface area contributed by atoms with Crippen molar-refractivity contribution in [2.45, 2.75) is 70.3 Å². The average Bonchev–Trinajstić information content (AvgIpc) is 2.88. The second kappa shape index (κ2) is 7.49. The highest BCUT2D eigenvalue weighted by Gasteiger charge is 2.36. The van der Waals surface area contributed by atoms with Crippen molar-refractivity contribution in [2.24, 2.45) is 17.6 Å². The average molecular weight is 289 g/mol. The Morgan fingerprint density at radius 2 is 1.79 bits per heavy atom. The molecule has 112 valence electrons. The van der Waals surface area contributed by atoms with Gasteiger partial charge in [0, 0.05) is 12.5 Å². The summed E-state index contributed by atoms with van der Waals surface area (Å²) in [6, 6.07) is 0. The molecule has 19 heavy (non-hydrogen) atoms. The molecule has 2 saturated carbocycles. The number of hydrogen-bond donors (Lipinski definition) is 2. The van der Waals surface area contributed by atoms with E-state index < -0.39 is 0 Å². The second-order valence-corrected chi connectivity index (χ2v) is 6.31. The van der Waals surface area contributed by atoms with Crippen LogP contribution in [0.15, 0.2) is 0 Å². The SMILES string of the molecule is CCC1CCC(C(=O)NC2(CN)CCCC2)CC1.Cl. The van der Waals surface area contributed by atoms with E-state index in [1.54, 1.807) is 0 Å². The maximum absolute atomic E-state index is 12.3. The molecule has 2 aliphatic rings. The molecule has 4 heteroatoms. The van der Waals surface area contributed by atoms with Gasteiger partial charge in [0.1, 0.15) is 0 Å². The quantitative estimate of drug-likeness (QED) is 0.835. The maximum atomic E-state index is 12.3. The summed E-state index contributed by atoms with van der Waals surface area (Å²) in [4.78, 5) is 12.3. The first kappa shape index (κ1) is 16.8. The van der Waals surface area contributed by atoms with Crippen LogP contribution in [0.1, 0.15) is 64.7 Å². The summed E-state index contributed by atoms with van der Waals surface area (Å²) in [6.07, 6.45) is 10.4. The number of carbonyl (C=O) groups excluding carboxylic acids is 1. The first-order valence-electron chi connectivity index (χ1n) is 7.71. The Bertz CT molecular complexity index is 282. The van der Waals surface area contributed by atoms with Crippen LogP contribution in [0.5, 0.6) is 0 Å². The Hall–Kier alpha value is -0.280. The topological polar surface area (TPSA) is 55.1 Å². The zero-order valence-corrected chi connectivity index (χ0v) is 12.9. The van der Waals surface area contributed by atoms with Gasteiger partial charge < -0.3 is 11.1 Å². The van der Waals surface area contributed by atoms with Crippen molar-refractivity contribution < 1.29 is 4.79 Å². The van der Waals surface area contributed by atoms with Crippen molar-refractivity contribution in [1.82, 2.24) is 5.32 Å². The van der Waals surface area contributed by atoms with Crippen molar-refractivity contribution in [3.05, 3.63) is 0 Å². The van der Waals surface area contributed by atoms with Gasteiger partial charge in [0.2, 0.25) is 5.91 Å². The van der Waals surface area contributed by atoms with Crippen LogP contribution in [0.4, 0.5) is 0 Å². The first-order valence-corrected chi connectivity index (χ1v) is 7.71. The standard InChI is InChI=1S/C15H28N2O.ClH/c1-2-12-5-7-13(8-6-12)14(18)17-15(11-16)9-3-4-10-15;/h12-13H,2-11,16H2,1H3,(H,17,18);1H. The summed E-state index contributed by atoms with van der Waals surface area (Å²) in [5.41, 5.74) is 5.80. The molecule has 0 aromatic rings. The minimum absolute atomic E-state index is 0. The number of halogens is 1. The Labute approximate surface area is 123 Å². The lowest BCUT2D eigenvalue weighted by Crippen LogP contribution is -2.53. The number of nitrogens with two attached hydrogens (primary N) is 1. The Morgan fingerprint density at radius 3 is 2.26 bits per heavy atom. The van der Waals surface area contributed by atoms with E-state index in [2.05, 4.69) is 12.2 Å². The summed E-state index contributed by atoms with van der Waals surface area (Å²) in [7, 11) is 0. The molecule has 3 nitrogen and oxygen atoms in total. The van der Waals surface area contributed by atoms with Gasteiger partial charge in [-0.05, 0) is 44.4 Å². The van der Waals surface area contributed by atoms with Gasteiger partial charge in [-0.3, -0.25) is 4.79 Å². The fourth-order valence-corrected chi connectivity index (χ4v) is 3.63. The minimum atomic E-state index is -0.0707. The van der Waals surface area contributed by atoms with Crippen molar-refractivity contribution in [3.8, 4) is 0 Å². The first-order chi connectivity index (χ1) is 8.69. The van der Waals surface area contributed by atoms with E-state index >= 15 is 0 Å². The van der Waals surface area contributed by atoms with Crippen LogP contribution >= 0.6 is 12.4 Å². The van der Waals surface area contributed by atoms with Gasteiger partial charge in [0.25, 0.3) is 0 Å². The molecule has 0 radical (unpaired) electrons. The Balaban J connectivity index is 0.00000180. The summed E-state index contributed by atoms with van der Waals surface area (Å²) < 4.78 is 0. The number of carbonyl (C=O) groups is 1. The molecule has 0 bridgehead atoms. The lowest BCUT2D eigenvalue weighted by atomic mass is 9.80. The van der Waals surface area contributed by atoms with E-state index in [1.807, 2.05) is 0 Å². The zero-order chi connectivity index (χ0) is 13.0. The third kappa shape index (κ3) is 4.09. The molecule has 0 atom stereocenters. The molecule has 0 unspecified atom stereocenters. The van der Waals surface area contributed by atoms with Gasteiger partial charge in [-0.15, -0.1) is 12.4 Å². The summed E-state index contributed by atoms with van der Waals surface area (Å²) in [5, 5.41) is 3.28. The lowest BCUT2D eigenvalue weighted by Gasteiger charge is -2.33. The van der Waals surface area contributed by atoms with Gasteiger partial charge in [-0.25, -0.2) is 0 Å². The molecule has 0 aromatic carbocycles. The molecule has 1 amide bonds. The van der Waals surface area contributed by atoms with Crippen molar-refractivity contribution in [3.63, 3.8) is 0 Å². The number of hydrogen-bond acceptors (Lipinski definition) is 2. The highest BCUT2D eigenvalue weighted by atomic mass is 35.5. The van der Waals surface area contributed by atoms with E-state index in [0.29, 0.717) is 6.54 Å². The third-order valence-corrected chi connectivity index (χ3v) is 5.13. The summed E-state index contributed by atoms with van der Waals surface area (Å²) >= 11 is 0. The summed E-state index contributed by atoms with van der Waals surface area (Å²) in [5.74, 6) is 1.37. The summed E-state index contributed by atoms with van der Waals surface area (Å²) in [6.45, 7) is 2.86. The largest absolute Gasteiger partial charge is 0.349 e. The van der Waals surface area contributed by atoms with Crippen molar-refractivity contribution >= 4 is 18.3 Å². The monoisotopic (exact) mass is 288 g/mol. The molecule has 0 aromatic heterocycles. The Kier molecular flexibility index (Phi) is 6.61. The zero-order valence-electron chi connectivity index (χ0n) is 12.1. The van der Waals surface area contributed by atoms with Crippen LogP contribution in [-0.2, 0) is 4.79 Å². The van der Waals surface area contributed by atoms with Crippen LogP contribution in [-0.4, -0.2) is 18.0 Å². The van der Waals surface area contributed by atoms with E-state index in [1.165, 1.54) is 32.1 Å². The smallest absolute Gasteiger partial charge is 0.223 e. The molecule has 2 rings (SSSR count). The molecule has 0 heterocycles. The van der Waals surface area contributed by atoms with Crippen LogP contribution in [0.3, 0.4) is 0 Å². The lowest BCUT2D eigenvalue weighted by molar-refractivity contribution is -0.128. The highest BCUT2D eigenvalue weighted by Crippen LogP contribution is 2.33. The van der Waals surface area contributed by atoms with Gasteiger partial charge in [0.05, 0.1) is 5.54 Å². The molecule has 2 aliphatic carbocycles. The van der Waals surface area contributed by atoms with E-state index in [0.717, 1.165) is 31.6 Å². The van der Waals surface area contributed by atoms with Crippen LogP contribution < -0.4 is 11.1 Å². The molecule has 0 spiro atoms. The minimum Gasteiger partial charge on any atom is -0.349 e. The van der Waals surface area contributed by atoms with E-state index in [9.17, 15) is 4.79 Å². The van der Waals surface area contributed by atoms with Crippen LogP contribution in [0.2, 0.25) is 0 Å². The molecular weight excluding hydrogens is 260 g/mol. The third-order valence-electron chi connectivity index (χ3n) is 5.13. The van der Waals surface area contributed by atoms with Gasteiger partial charge in [-0.2, -0.15) is 0 Å². The fourth-order valence-electron chi connectivity index (χ4n) is 3.63. The second-order valence-electron chi connectivity index (χ2n) is 6.31. The van der Waals surface area contributed by atoms with Gasteiger partial charge in [0.15, 0.2) is 0 Å². The van der Waals surface area contributed by atoms with Crippen LogP contribution in [0.25, 0.3) is 0 Å². The van der Waals surface area contributed by atoms with E-state index in [-0.39, 0.29) is 29.8 Å². The fraction of sp³-hybridized carbons (Fsp3) is 0.933. The molecular formula is C15H29ClN2O. The molecule has 2 fully saturated rings. The predicted molar refractivity (Wildman–Crippen MR) is 81.4 cm³/mol. The van der Waals surface area contributed by atoms with Gasteiger partial charge in [-0.1, -0.05) is 26.2 Å². The molecule has 3 N–H and O–H groups in total. The molecule has 0 aliphatic heterocycles. The van der Waals surface area contributed by atoms with Gasteiger partial charge >= 0.3 is 0 Å². The van der Waals surface area contributed by atoms with E-state index in [4.69, 9.17) is 5.73 Å². The van der Waals surface area contributed by atoms with Crippen LogP contribution in [0, 0.1) is 11.8 Å². The Morgan fingerprint density at radius 1 is 1.21 bits per heavy atom. The molecule has 0 saturated heterocycles. The maximum Gasteiger partial charge on any atom is 0.223 e. The highest BCUT2D eigenvalue weighted by molar-refractivity contribution is 5.85. The predicted octanol–water partition coefficient (Wildman–Crippen LogP) is 3.01. The van der Waals surface area contributed by atoms with Crippen molar-refractivity contribution in [1.29, 1.82) is 0 Å².